The predicted octanol–water partition coefficient (Wildman–Crippen LogP) is 1.73. The van der Waals surface area contributed by atoms with Crippen LogP contribution in [0.2, 0.25) is 0 Å². The first kappa shape index (κ1) is 11.7. The molecule has 18 heavy (non-hydrogen) atoms. The number of piperidine rings is 1. The molecule has 1 saturated heterocycles. The molecule has 0 bridgehead atoms. The minimum atomic E-state index is -1.11. The molecule has 1 aliphatic heterocycles. The molecule has 3 heteroatoms. The fourth-order valence-corrected chi connectivity index (χ4v) is 2.63. The Kier molecular flexibility index (Phi) is 2.82. The first-order valence-corrected chi connectivity index (χ1v) is 6.32. The van der Waals surface area contributed by atoms with E-state index in [9.17, 15) is 10.2 Å². The second-order valence-corrected chi connectivity index (χ2v) is 5.00. The van der Waals surface area contributed by atoms with E-state index < -0.39 is 11.8 Å². The van der Waals surface area contributed by atoms with Crippen molar-refractivity contribution < 1.29 is 10.2 Å². The third kappa shape index (κ3) is 2.01. The van der Waals surface area contributed by atoms with Gasteiger partial charge in [-0.15, -0.1) is 0 Å². The van der Waals surface area contributed by atoms with Gasteiger partial charge in [0, 0.05) is 13.0 Å². The molecule has 0 aromatic heterocycles. The minimum Gasteiger partial charge on any atom is -0.393 e. The quantitative estimate of drug-likeness (QED) is 0.715. The van der Waals surface area contributed by atoms with Gasteiger partial charge in [0.05, 0.1) is 6.10 Å². The Bertz CT molecular complexity index is 569. The largest absolute Gasteiger partial charge is 0.393 e. The lowest BCUT2D eigenvalue weighted by atomic mass is 9.90. The zero-order valence-electron chi connectivity index (χ0n) is 10.1. The van der Waals surface area contributed by atoms with Crippen LogP contribution >= 0.6 is 0 Å². The monoisotopic (exact) mass is 243 g/mol. The number of benzene rings is 2. The summed E-state index contributed by atoms with van der Waals surface area (Å²) in [6.07, 6.45) is 0.587. The van der Waals surface area contributed by atoms with Crippen LogP contribution in [-0.4, -0.2) is 22.9 Å². The van der Waals surface area contributed by atoms with E-state index in [2.05, 4.69) is 5.32 Å². The van der Waals surface area contributed by atoms with E-state index in [0.717, 1.165) is 16.3 Å². The molecule has 2 unspecified atom stereocenters. The molecule has 3 rings (SSSR count). The highest BCUT2D eigenvalue weighted by molar-refractivity contribution is 5.83. The normalized spacial score (nSPS) is 28.4. The lowest BCUT2D eigenvalue weighted by Gasteiger charge is -2.36. The van der Waals surface area contributed by atoms with Crippen LogP contribution in [0.5, 0.6) is 0 Å². The molecular formula is C15H17NO2. The molecule has 2 aromatic rings. The highest BCUT2D eigenvalue weighted by atomic mass is 16.3. The molecule has 3 N–H and O–H groups in total. The van der Waals surface area contributed by atoms with E-state index in [1.54, 1.807) is 0 Å². The summed E-state index contributed by atoms with van der Waals surface area (Å²) in [4.78, 5) is 0. The summed E-state index contributed by atoms with van der Waals surface area (Å²) in [7, 11) is 0. The second-order valence-electron chi connectivity index (χ2n) is 5.00. The van der Waals surface area contributed by atoms with Gasteiger partial charge in [-0.05, 0) is 28.8 Å². The number of aliphatic hydroxyl groups is 2. The standard InChI is InChI=1S/C15H17NO2/c17-14-7-8-16-15(18,10-14)13-6-5-11-3-1-2-4-12(11)9-13/h1-6,9,14,16-18H,7-8,10H2. The zero-order valence-corrected chi connectivity index (χ0v) is 10.1. The van der Waals surface area contributed by atoms with Crippen molar-refractivity contribution in [2.24, 2.45) is 0 Å². The van der Waals surface area contributed by atoms with E-state index in [1.165, 1.54) is 0 Å². The molecule has 94 valence electrons. The first-order chi connectivity index (χ1) is 8.67. The molecule has 0 spiro atoms. The maximum atomic E-state index is 10.6. The van der Waals surface area contributed by atoms with Gasteiger partial charge in [-0.2, -0.15) is 0 Å². The summed E-state index contributed by atoms with van der Waals surface area (Å²) < 4.78 is 0. The van der Waals surface area contributed by atoms with Gasteiger partial charge in [0.15, 0.2) is 0 Å². The average Bonchev–Trinajstić information content (AvgIpc) is 2.38. The van der Waals surface area contributed by atoms with Gasteiger partial charge >= 0.3 is 0 Å². The second kappa shape index (κ2) is 4.35. The number of fused-ring (bicyclic) bond motifs is 1. The van der Waals surface area contributed by atoms with Gasteiger partial charge in [-0.25, -0.2) is 0 Å². The summed E-state index contributed by atoms with van der Waals surface area (Å²) in [6, 6.07) is 14.0. The van der Waals surface area contributed by atoms with Crippen molar-refractivity contribution in [3.8, 4) is 0 Å². The topological polar surface area (TPSA) is 52.5 Å². The number of hydrogen-bond donors (Lipinski definition) is 3. The SMILES string of the molecule is OC1CCNC(O)(c2ccc3ccccc3c2)C1. The Hall–Kier alpha value is -1.42. The number of aliphatic hydroxyl groups excluding tert-OH is 1. The molecule has 2 aromatic carbocycles. The van der Waals surface area contributed by atoms with E-state index in [0.29, 0.717) is 19.4 Å². The molecule has 0 amide bonds. The highest BCUT2D eigenvalue weighted by Gasteiger charge is 2.34. The fraction of sp³-hybridized carbons (Fsp3) is 0.333. The van der Waals surface area contributed by atoms with Crippen LogP contribution in [0.25, 0.3) is 10.8 Å². The Labute approximate surface area is 106 Å². The van der Waals surface area contributed by atoms with Crippen LogP contribution in [0.4, 0.5) is 0 Å². The van der Waals surface area contributed by atoms with Crippen LogP contribution < -0.4 is 5.32 Å². The first-order valence-electron chi connectivity index (χ1n) is 6.32. The van der Waals surface area contributed by atoms with Crippen LogP contribution in [0, 0.1) is 0 Å². The Morgan fingerprint density at radius 2 is 1.89 bits per heavy atom. The lowest BCUT2D eigenvalue weighted by molar-refractivity contribution is -0.0675. The lowest BCUT2D eigenvalue weighted by Crippen LogP contribution is -2.50. The molecule has 0 aliphatic carbocycles. The van der Waals surface area contributed by atoms with Gasteiger partial charge in [0.1, 0.15) is 5.72 Å². The van der Waals surface area contributed by atoms with E-state index in [4.69, 9.17) is 0 Å². The summed E-state index contributed by atoms with van der Waals surface area (Å²) in [5.74, 6) is 0. The molecule has 1 fully saturated rings. The molecule has 2 atom stereocenters. The summed E-state index contributed by atoms with van der Waals surface area (Å²) in [5.41, 5.74) is -0.290. The molecular weight excluding hydrogens is 226 g/mol. The number of hydrogen-bond acceptors (Lipinski definition) is 3. The van der Waals surface area contributed by atoms with Crippen molar-refractivity contribution in [1.82, 2.24) is 5.32 Å². The van der Waals surface area contributed by atoms with Gasteiger partial charge < -0.3 is 10.2 Å². The van der Waals surface area contributed by atoms with Crippen molar-refractivity contribution >= 4 is 10.8 Å². The summed E-state index contributed by atoms with van der Waals surface area (Å²) in [6.45, 7) is 0.629. The average molecular weight is 243 g/mol. The number of nitrogens with one attached hydrogen (secondary N) is 1. The van der Waals surface area contributed by atoms with Crippen LogP contribution in [0.1, 0.15) is 18.4 Å². The highest BCUT2D eigenvalue weighted by Crippen LogP contribution is 2.30. The van der Waals surface area contributed by atoms with Crippen molar-refractivity contribution in [2.75, 3.05) is 6.54 Å². The molecule has 0 radical (unpaired) electrons. The Balaban J connectivity index is 2.02. The van der Waals surface area contributed by atoms with Crippen molar-refractivity contribution in [3.63, 3.8) is 0 Å². The fourth-order valence-electron chi connectivity index (χ4n) is 2.63. The molecule has 3 nitrogen and oxygen atoms in total. The Morgan fingerprint density at radius 1 is 1.11 bits per heavy atom. The van der Waals surface area contributed by atoms with Gasteiger partial charge in [-0.3, -0.25) is 5.32 Å². The van der Waals surface area contributed by atoms with Crippen LogP contribution in [-0.2, 0) is 5.72 Å². The van der Waals surface area contributed by atoms with Gasteiger partial charge in [0.2, 0.25) is 0 Å². The number of rotatable bonds is 1. The zero-order chi connectivity index (χ0) is 12.6. The molecule has 1 heterocycles. The molecule has 1 aliphatic rings. The molecule has 0 saturated carbocycles. The summed E-state index contributed by atoms with van der Waals surface area (Å²) >= 11 is 0. The van der Waals surface area contributed by atoms with Crippen LogP contribution in [0.3, 0.4) is 0 Å². The summed E-state index contributed by atoms with van der Waals surface area (Å²) in [5, 5.41) is 25.7. The predicted molar refractivity (Wildman–Crippen MR) is 71.1 cm³/mol. The third-order valence-electron chi connectivity index (χ3n) is 3.65. The maximum absolute atomic E-state index is 10.6. The van der Waals surface area contributed by atoms with Gasteiger partial charge in [-0.1, -0.05) is 36.4 Å². The van der Waals surface area contributed by atoms with E-state index in [1.807, 2.05) is 42.5 Å². The van der Waals surface area contributed by atoms with E-state index in [-0.39, 0.29) is 0 Å². The smallest absolute Gasteiger partial charge is 0.144 e. The van der Waals surface area contributed by atoms with E-state index >= 15 is 0 Å². The Morgan fingerprint density at radius 3 is 2.67 bits per heavy atom. The van der Waals surface area contributed by atoms with Gasteiger partial charge in [0.25, 0.3) is 0 Å². The third-order valence-corrected chi connectivity index (χ3v) is 3.65. The van der Waals surface area contributed by atoms with Crippen molar-refractivity contribution in [2.45, 2.75) is 24.7 Å². The van der Waals surface area contributed by atoms with Crippen molar-refractivity contribution in [3.05, 3.63) is 48.0 Å². The van der Waals surface area contributed by atoms with Crippen molar-refractivity contribution in [1.29, 1.82) is 0 Å². The van der Waals surface area contributed by atoms with Crippen LogP contribution in [0.15, 0.2) is 42.5 Å². The maximum Gasteiger partial charge on any atom is 0.144 e. The minimum absolute atomic E-state index is 0.339.